The fourth-order valence-corrected chi connectivity index (χ4v) is 4.08. The van der Waals surface area contributed by atoms with E-state index in [2.05, 4.69) is 6.07 Å². The summed E-state index contributed by atoms with van der Waals surface area (Å²) in [4.78, 5) is 25.8. The molecule has 0 aliphatic carbocycles. The lowest BCUT2D eigenvalue weighted by atomic mass is 9.93. The molecule has 2 atom stereocenters. The third-order valence-electron chi connectivity index (χ3n) is 4.45. The van der Waals surface area contributed by atoms with Gasteiger partial charge < -0.3 is 10.0 Å². The number of rotatable bonds is 2. The first-order valence-corrected chi connectivity index (χ1v) is 8.37. The van der Waals surface area contributed by atoms with Gasteiger partial charge in [0.2, 0.25) is 0 Å². The predicted molar refractivity (Wildman–Crippen MR) is 87.4 cm³/mol. The van der Waals surface area contributed by atoms with Gasteiger partial charge in [0.05, 0.1) is 11.5 Å². The van der Waals surface area contributed by atoms with Crippen LogP contribution in [0, 0.1) is 12.8 Å². The Bertz CT molecular complexity index is 737. The van der Waals surface area contributed by atoms with Gasteiger partial charge in [0.15, 0.2) is 0 Å². The third-order valence-corrected chi connectivity index (χ3v) is 5.40. The van der Waals surface area contributed by atoms with E-state index in [-0.39, 0.29) is 11.9 Å². The summed E-state index contributed by atoms with van der Waals surface area (Å²) in [5, 5.41) is 12.1. The molecule has 2 unspecified atom stereocenters. The number of amides is 1. The van der Waals surface area contributed by atoms with E-state index in [1.807, 2.05) is 31.4 Å². The Labute approximate surface area is 133 Å². The van der Waals surface area contributed by atoms with Crippen molar-refractivity contribution in [3.8, 4) is 0 Å². The second-order valence-electron chi connectivity index (χ2n) is 6.07. The van der Waals surface area contributed by atoms with Gasteiger partial charge in [-0.05, 0) is 38.3 Å². The molecule has 0 bridgehead atoms. The first kappa shape index (κ1) is 15.0. The number of benzene rings is 1. The van der Waals surface area contributed by atoms with Crippen molar-refractivity contribution in [1.82, 2.24) is 4.90 Å². The van der Waals surface area contributed by atoms with Gasteiger partial charge in [-0.15, -0.1) is 11.3 Å². The summed E-state index contributed by atoms with van der Waals surface area (Å²) in [6.07, 6.45) is 1.38. The molecule has 1 saturated heterocycles. The molecular formula is C17H19NO3S. The molecule has 4 nitrogen and oxygen atoms in total. The number of carboxylic acids is 1. The number of hydrogen-bond donors (Lipinski definition) is 1. The number of piperidine rings is 1. The topological polar surface area (TPSA) is 57.6 Å². The molecule has 5 heteroatoms. The molecule has 22 heavy (non-hydrogen) atoms. The van der Waals surface area contributed by atoms with Crippen LogP contribution in [-0.4, -0.2) is 34.5 Å². The molecule has 1 aromatic carbocycles. The molecule has 1 aromatic heterocycles. The minimum absolute atomic E-state index is 0.0476. The highest BCUT2D eigenvalue weighted by Crippen LogP contribution is 2.30. The van der Waals surface area contributed by atoms with Crippen molar-refractivity contribution in [3.05, 3.63) is 34.7 Å². The maximum absolute atomic E-state index is 12.9. The lowest BCUT2D eigenvalue weighted by Crippen LogP contribution is -2.47. The molecule has 1 amide bonds. The minimum Gasteiger partial charge on any atom is -0.481 e. The number of carbonyl (C=O) groups is 2. The highest BCUT2D eigenvalue weighted by molar-refractivity contribution is 7.17. The molecular weight excluding hydrogens is 298 g/mol. The molecule has 0 saturated carbocycles. The van der Waals surface area contributed by atoms with Gasteiger partial charge in [0, 0.05) is 28.1 Å². The van der Waals surface area contributed by atoms with Crippen LogP contribution in [0.5, 0.6) is 0 Å². The summed E-state index contributed by atoms with van der Waals surface area (Å²) >= 11 is 1.56. The van der Waals surface area contributed by atoms with Crippen LogP contribution in [-0.2, 0) is 4.79 Å². The maximum Gasteiger partial charge on any atom is 0.308 e. The second-order valence-corrected chi connectivity index (χ2v) is 6.98. The number of carbonyl (C=O) groups excluding carboxylic acids is 1. The average Bonchev–Trinajstić information content (AvgIpc) is 2.89. The van der Waals surface area contributed by atoms with Crippen molar-refractivity contribution in [1.29, 1.82) is 0 Å². The number of fused-ring (bicyclic) bond motifs is 1. The van der Waals surface area contributed by atoms with Gasteiger partial charge in [0.25, 0.3) is 5.91 Å². The van der Waals surface area contributed by atoms with Gasteiger partial charge in [-0.25, -0.2) is 0 Å². The van der Waals surface area contributed by atoms with Crippen molar-refractivity contribution in [2.75, 3.05) is 6.54 Å². The van der Waals surface area contributed by atoms with E-state index < -0.39 is 11.9 Å². The summed E-state index contributed by atoms with van der Waals surface area (Å²) in [5.41, 5.74) is 1.86. The largest absolute Gasteiger partial charge is 0.481 e. The zero-order valence-electron chi connectivity index (χ0n) is 12.7. The van der Waals surface area contributed by atoms with E-state index >= 15 is 0 Å². The van der Waals surface area contributed by atoms with E-state index in [9.17, 15) is 14.7 Å². The molecule has 0 radical (unpaired) electrons. The van der Waals surface area contributed by atoms with E-state index in [1.54, 1.807) is 16.2 Å². The first-order valence-electron chi connectivity index (χ1n) is 7.49. The molecule has 1 fully saturated rings. The van der Waals surface area contributed by atoms with Crippen molar-refractivity contribution < 1.29 is 14.7 Å². The molecule has 116 valence electrons. The van der Waals surface area contributed by atoms with Crippen molar-refractivity contribution in [2.45, 2.75) is 32.7 Å². The number of carboxylic acid groups (broad SMARTS) is 1. The summed E-state index contributed by atoms with van der Waals surface area (Å²) in [6, 6.07) is 6.16. The summed E-state index contributed by atoms with van der Waals surface area (Å²) in [6.45, 7) is 4.33. The number of aryl methyl sites for hydroxylation is 1. The molecule has 3 rings (SSSR count). The monoisotopic (exact) mass is 317 g/mol. The lowest BCUT2D eigenvalue weighted by Gasteiger charge is -2.36. The zero-order chi connectivity index (χ0) is 15.9. The van der Waals surface area contributed by atoms with Crippen LogP contribution in [0.2, 0.25) is 0 Å². The highest BCUT2D eigenvalue weighted by atomic mass is 32.1. The predicted octanol–water partition coefficient (Wildman–Crippen LogP) is 3.54. The Kier molecular flexibility index (Phi) is 3.91. The van der Waals surface area contributed by atoms with Crippen LogP contribution in [0.1, 0.15) is 35.7 Å². The van der Waals surface area contributed by atoms with Crippen LogP contribution in [0.15, 0.2) is 23.6 Å². The maximum atomic E-state index is 12.9. The van der Waals surface area contributed by atoms with Gasteiger partial charge >= 0.3 is 5.97 Å². The number of thiophene rings is 1. The highest BCUT2D eigenvalue weighted by Gasteiger charge is 2.33. The number of hydrogen-bond acceptors (Lipinski definition) is 3. The van der Waals surface area contributed by atoms with E-state index in [0.29, 0.717) is 18.5 Å². The first-order chi connectivity index (χ1) is 10.5. The summed E-state index contributed by atoms with van der Waals surface area (Å²) < 4.78 is 1.10. The van der Waals surface area contributed by atoms with E-state index in [0.717, 1.165) is 16.5 Å². The van der Waals surface area contributed by atoms with Crippen LogP contribution < -0.4 is 0 Å². The van der Waals surface area contributed by atoms with Crippen molar-refractivity contribution in [2.24, 2.45) is 5.92 Å². The van der Waals surface area contributed by atoms with E-state index in [4.69, 9.17) is 0 Å². The summed E-state index contributed by atoms with van der Waals surface area (Å²) in [7, 11) is 0. The Morgan fingerprint density at radius 1 is 1.32 bits per heavy atom. The zero-order valence-corrected chi connectivity index (χ0v) is 13.5. The fourth-order valence-electron chi connectivity index (χ4n) is 3.05. The smallest absolute Gasteiger partial charge is 0.308 e. The van der Waals surface area contributed by atoms with Gasteiger partial charge in [-0.2, -0.15) is 0 Å². The quantitative estimate of drug-likeness (QED) is 0.922. The SMILES string of the molecule is Cc1ccc2c(C(=O)N3CC(C(=O)O)CCC3C)csc2c1. The molecule has 1 aliphatic heterocycles. The Morgan fingerprint density at radius 2 is 2.09 bits per heavy atom. The van der Waals surface area contributed by atoms with Gasteiger partial charge in [0.1, 0.15) is 0 Å². The number of likely N-dealkylation sites (tertiary alicyclic amines) is 1. The normalized spacial score (nSPS) is 22.0. The van der Waals surface area contributed by atoms with Crippen LogP contribution in [0.4, 0.5) is 0 Å². The van der Waals surface area contributed by atoms with E-state index in [1.165, 1.54) is 5.56 Å². The molecule has 1 aliphatic rings. The molecule has 2 heterocycles. The Morgan fingerprint density at radius 3 is 2.82 bits per heavy atom. The average molecular weight is 317 g/mol. The second kappa shape index (κ2) is 5.72. The Balaban J connectivity index is 1.92. The third kappa shape index (κ3) is 2.61. The number of aliphatic carboxylic acids is 1. The molecule has 1 N–H and O–H groups in total. The van der Waals surface area contributed by atoms with Crippen LogP contribution >= 0.6 is 11.3 Å². The van der Waals surface area contributed by atoms with Crippen molar-refractivity contribution >= 4 is 33.3 Å². The molecule has 0 spiro atoms. The van der Waals surface area contributed by atoms with Crippen LogP contribution in [0.3, 0.4) is 0 Å². The Hall–Kier alpha value is -1.88. The summed E-state index contributed by atoms with van der Waals surface area (Å²) in [5.74, 6) is -1.31. The van der Waals surface area contributed by atoms with Crippen LogP contribution in [0.25, 0.3) is 10.1 Å². The van der Waals surface area contributed by atoms with Crippen molar-refractivity contribution in [3.63, 3.8) is 0 Å². The number of nitrogens with zero attached hydrogens (tertiary/aromatic N) is 1. The lowest BCUT2D eigenvalue weighted by molar-refractivity contribution is -0.143. The van der Waals surface area contributed by atoms with Gasteiger partial charge in [-0.3, -0.25) is 9.59 Å². The molecule has 2 aromatic rings. The van der Waals surface area contributed by atoms with Gasteiger partial charge in [-0.1, -0.05) is 12.1 Å². The fraction of sp³-hybridized carbons (Fsp3) is 0.412. The minimum atomic E-state index is -0.810. The standard InChI is InChI=1S/C17H19NO3S/c1-10-3-6-13-14(9-22-15(13)7-10)16(19)18-8-12(17(20)21)5-4-11(18)2/h3,6-7,9,11-12H,4-5,8H2,1-2H3,(H,20,21).